The molecule has 0 radical (unpaired) electrons. The van der Waals surface area contributed by atoms with Gasteiger partial charge in [0.2, 0.25) is 5.91 Å². The van der Waals surface area contributed by atoms with E-state index in [4.69, 9.17) is 0 Å². The molecule has 0 bridgehead atoms. The summed E-state index contributed by atoms with van der Waals surface area (Å²) in [5.74, 6) is 3.53. The zero-order valence-electron chi connectivity index (χ0n) is 11.7. The van der Waals surface area contributed by atoms with Crippen molar-refractivity contribution in [3.05, 3.63) is 0 Å². The van der Waals surface area contributed by atoms with Gasteiger partial charge in [-0.15, -0.1) is 0 Å². The molecule has 4 heteroatoms. The molecule has 3 nitrogen and oxygen atoms in total. The van der Waals surface area contributed by atoms with Gasteiger partial charge in [0.05, 0.1) is 0 Å². The van der Waals surface area contributed by atoms with Gasteiger partial charge >= 0.3 is 0 Å². The first-order valence-electron chi connectivity index (χ1n) is 7.27. The first-order chi connectivity index (χ1) is 8.68. The second-order valence-corrected chi connectivity index (χ2v) is 7.01. The second kappa shape index (κ2) is 6.80. The molecule has 0 spiro atoms. The smallest absolute Gasteiger partial charge is 0.226 e. The van der Waals surface area contributed by atoms with Gasteiger partial charge in [0, 0.05) is 24.3 Å². The highest BCUT2D eigenvalue weighted by Crippen LogP contribution is 2.26. The summed E-state index contributed by atoms with van der Waals surface area (Å²) in [6, 6.07) is 0.338. The van der Waals surface area contributed by atoms with Gasteiger partial charge in [-0.25, -0.2) is 0 Å². The van der Waals surface area contributed by atoms with E-state index in [0.29, 0.717) is 17.9 Å². The van der Waals surface area contributed by atoms with E-state index in [1.807, 2.05) is 11.8 Å². The van der Waals surface area contributed by atoms with Crippen LogP contribution in [0.4, 0.5) is 0 Å². The van der Waals surface area contributed by atoms with E-state index >= 15 is 0 Å². The Labute approximate surface area is 115 Å². The van der Waals surface area contributed by atoms with Crippen LogP contribution < -0.4 is 5.32 Å². The lowest BCUT2D eigenvalue weighted by Crippen LogP contribution is -2.46. The van der Waals surface area contributed by atoms with Crippen LogP contribution in [-0.4, -0.2) is 48.0 Å². The van der Waals surface area contributed by atoms with E-state index in [2.05, 4.69) is 24.1 Å². The first-order valence-corrected chi connectivity index (χ1v) is 8.43. The summed E-state index contributed by atoms with van der Waals surface area (Å²) in [5, 5.41) is 3.45. The molecule has 0 aliphatic carbocycles. The fraction of sp³-hybridized carbons (Fsp3) is 0.929. The van der Waals surface area contributed by atoms with Crippen LogP contribution in [0.1, 0.15) is 33.1 Å². The van der Waals surface area contributed by atoms with Crippen molar-refractivity contribution in [2.24, 2.45) is 11.8 Å². The Morgan fingerprint density at radius 2 is 2.28 bits per heavy atom. The van der Waals surface area contributed by atoms with Gasteiger partial charge in [0.25, 0.3) is 0 Å². The minimum atomic E-state index is 0.286. The summed E-state index contributed by atoms with van der Waals surface area (Å²) < 4.78 is 0. The third-order valence-electron chi connectivity index (χ3n) is 4.04. The van der Waals surface area contributed by atoms with Crippen molar-refractivity contribution in [1.82, 2.24) is 10.2 Å². The quantitative estimate of drug-likeness (QED) is 0.848. The van der Waals surface area contributed by atoms with E-state index < -0.39 is 0 Å². The number of amides is 1. The summed E-state index contributed by atoms with van der Waals surface area (Å²) in [6.07, 6.45) is 3.60. The fourth-order valence-electron chi connectivity index (χ4n) is 2.88. The molecule has 2 unspecified atom stereocenters. The van der Waals surface area contributed by atoms with Gasteiger partial charge in [-0.05, 0) is 57.9 Å². The van der Waals surface area contributed by atoms with Crippen molar-refractivity contribution in [2.45, 2.75) is 39.2 Å². The summed E-state index contributed by atoms with van der Waals surface area (Å²) in [5.41, 5.74) is 0. The number of thioether (sulfide) groups is 1. The minimum absolute atomic E-state index is 0.286. The lowest BCUT2D eigenvalue weighted by atomic mass is 9.97. The molecule has 2 saturated heterocycles. The van der Waals surface area contributed by atoms with E-state index in [9.17, 15) is 4.79 Å². The predicted octanol–water partition coefficient (Wildman–Crippen LogP) is 1.98. The van der Waals surface area contributed by atoms with Crippen molar-refractivity contribution in [3.8, 4) is 0 Å². The summed E-state index contributed by atoms with van der Waals surface area (Å²) in [7, 11) is 0. The predicted molar refractivity (Wildman–Crippen MR) is 77.9 cm³/mol. The first kappa shape index (κ1) is 14.2. The molecule has 0 aromatic heterocycles. The Hall–Kier alpha value is -0.220. The standard InChI is InChI=1S/C14H26N2OS/c1-11(2)16(9-12-4-3-6-15-8-12)14(17)13-5-7-18-10-13/h11-13,15H,3-10H2,1-2H3. The third-order valence-corrected chi connectivity index (χ3v) is 5.20. The number of rotatable bonds is 4. The highest BCUT2D eigenvalue weighted by atomic mass is 32.2. The van der Waals surface area contributed by atoms with Crippen molar-refractivity contribution in [2.75, 3.05) is 31.1 Å². The Bertz CT molecular complexity index is 271. The van der Waals surface area contributed by atoms with Crippen LogP contribution in [0.25, 0.3) is 0 Å². The average molecular weight is 270 g/mol. The largest absolute Gasteiger partial charge is 0.340 e. The molecule has 2 rings (SSSR count). The topological polar surface area (TPSA) is 32.3 Å². The lowest BCUT2D eigenvalue weighted by Gasteiger charge is -2.34. The summed E-state index contributed by atoms with van der Waals surface area (Å²) in [4.78, 5) is 14.7. The normalized spacial score (nSPS) is 28.6. The van der Waals surface area contributed by atoms with Crippen LogP contribution in [0, 0.1) is 11.8 Å². The van der Waals surface area contributed by atoms with Crippen LogP contribution in [0.2, 0.25) is 0 Å². The molecule has 2 aliphatic rings. The Morgan fingerprint density at radius 3 is 2.83 bits per heavy atom. The Balaban J connectivity index is 1.91. The molecule has 1 N–H and O–H groups in total. The Morgan fingerprint density at radius 1 is 1.44 bits per heavy atom. The summed E-state index contributed by atoms with van der Waals surface area (Å²) in [6.45, 7) is 7.47. The fourth-order valence-corrected chi connectivity index (χ4v) is 4.09. The molecule has 1 amide bonds. The molecule has 18 heavy (non-hydrogen) atoms. The number of nitrogens with one attached hydrogen (secondary N) is 1. The summed E-state index contributed by atoms with van der Waals surface area (Å²) >= 11 is 1.93. The zero-order chi connectivity index (χ0) is 13.0. The number of hydrogen-bond donors (Lipinski definition) is 1. The molecule has 0 aromatic carbocycles. The molecule has 2 atom stereocenters. The SMILES string of the molecule is CC(C)N(CC1CCCNC1)C(=O)C1CCSC1. The average Bonchev–Trinajstić information content (AvgIpc) is 2.90. The van der Waals surface area contributed by atoms with Gasteiger partial charge in [-0.3, -0.25) is 4.79 Å². The van der Waals surface area contributed by atoms with Crippen LogP contribution in [0.15, 0.2) is 0 Å². The monoisotopic (exact) mass is 270 g/mol. The maximum Gasteiger partial charge on any atom is 0.226 e. The van der Waals surface area contributed by atoms with Gasteiger partial charge < -0.3 is 10.2 Å². The van der Waals surface area contributed by atoms with E-state index in [-0.39, 0.29) is 5.92 Å². The maximum absolute atomic E-state index is 12.6. The van der Waals surface area contributed by atoms with Gasteiger partial charge in [0.15, 0.2) is 0 Å². The molecular weight excluding hydrogens is 244 g/mol. The number of carbonyl (C=O) groups excluding carboxylic acids is 1. The van der Waals surface area contributed by atoms with Crippen LogP contribution in [0.5, 0.6) is 0 Å². The molecule has 104 valence electrons. The van der Waals surface area contributed by atoms with Crippen molar-refractivity contribution in [1.29, 1.82) is 0 Å². The van der Waals surface area contributed by atoms with Gasteiger partial charge in [0.1, 0.15) is 0 Å². The molecule has 2 heterocycles. The number of carbonyl (C=O) groups is 1. The lowest BCUT2D eigenvalue weighted by molar-refractivity contribution is -0.137. The minimum Gasteiger partial charge on any atom is -0.340 e. The molecule has 0 saturated carbocycles. The highest BCUT2D eigenvalue weighted by molar-refractivity contribution is 7.99. The molecular formula is C14H26N2OS. The number of hydrogen-bond acceptors (Lipinski definition) is 3. The number of piperidine rings is 1. The number of nitrogens with zero attached hydrogens (tertiary/aromatic N) is 1. The van der Waals surface area contributed by atoms with E-state index in [1.54, 1.807) is 0 Å². The van der Waals surface area contributed by atoms with Crippen LogP contribution >= 0.6 is 11.8 Å². The van der Waals surface area contributed by atoms with Gasteiger partial charge in [-0.2, -0.15) is 11.8 Å². The second-order valence-electron chi connectivity index (χ2n) is 5.86. The molecule has 2 aliphatic heterocycles. The zero-order valence-corrected chi connectivity index (χ0v) is 12.5. The Kier molecular flexibility index (Phi) is 5.37. The van der Waals surface area contributed by atoms with Gasteiger partial charge in [-0.1, -0.05) is 0 Å². The third kappa shape index (κ3) is 3.64. The van der Waals surface area contributed by atoms with Crippen LogP contribution in [-0.2, 0) is 4.79 Å². The highest BCUT2D eigenvalue weighted by Gasteiger charge is 2.30. The van der Waals surface area contributed by atoms with Crippen molar-refractivity contribution < 1.29 is 4.79 Å². The van der Waals surface area contributed by atoms with Crippen LogP contribution in [0.3, 0.4) is 0 Å². The maximum atomic E-state index is 12.6. The van der Waals surface area contributed by atoms with Crippen molar-refractivity contribution >= 4 is 17.7 Å². The van der Waals surface area contributed by atoms with Crippen molar-refractivity contribution in [3.63, 3.8) is 0 Å². The van der Waals surface area contributed by atoms with E-state index in [0.717, 1.165) is 37.6 Å². The molecule has 2 fully saturated rings. The molecule has 0 aromatic rings. The van der Waals surface area contributed by atoms with E-state index in [1.165, 1.54) is 12.8 Å².